The van der Waals surface area contributed by atoms with Gasteiger partial charge in [0.25, 0.3) is 5.56 Å². The molecule has 0 fully saturated rings. The third kappa shape index (κ3) is 4.18. The lowest BCUT2D eigenvalue weighted by atomic mass is 10.1. The van der Waals surface area contributed by atoms with E-state index < -0.39 is 5.56 Å². The highest BCUT2D eigenvalue weighted by atomic mass is 32.2. The summed E-state index contributed by atoms with van der Waals surface area (Å²) in [5, 5.41) is 13.9. The fraction of sp³-hybridized carbons (Fsp3) is 0.100. The first-order valence-corrected chi connectivity index (χ1v) is 9.83. The highest BCUT2D eigenvalue weighted by molar-refractivity contribution is 7.99. The van der Waals surface area contributed by atoms with Gasteiger partial charge in [0.2, 0.25) is 11.1 Å². The molecule has 4 rings (SSSR count). The van der Waals surface area contributed by atoms with Crippen LogP contribution in [-0.4, -0.2) is 38.6 Å². The second-order valence-corrected chi connectivity index (χ2v) is 7.18. The smallest absolute Gasteiger partial charge is 0.290 e. The van der Waals surface area contributed by atoms with Gasteiger partial charge in [0.15, 0.2) is 0 Å². The molecular formula is C20H16FN5O3S. The van der Waals surface area contributed by atoms with Crippen LogP contribution in [0.1, 0.15) is 0 Å². The number of nitrogens with zero attached hydrogens (tertiary/aromatic N) is 3. The molecule has 2 aromatic heterocycles. The number of aromatic nitrogens is 4. The summed E-state index contributed by atoms with van der Waals surface area (Å²) in [6.07, 6.45) is 0. The second kappa shape index (κ2) is 8.37. The first-order valence-electron chi connectivity index (χ1n) is 8.84. The Labute approximate surface area is 174 Å². The number of rotatable bonds is 6. The molecular weight excluding hydrogens is 409 g/mol. The third-order valence-electron chi connectivity index (χ3n) is 4.22. The largest absolute Gasteiger partial charge is 0.497 e. The quantitative estimate of drug-likeness (QED) is 0.461. The zero-order valence-electron chi connectivity index (χ0n) is 15.8. The van der Waals surface area contributed by atoms with Gasteiger partial charge >= 0.3 is 0 Å². The Hall–Kier alpha value is -3.66. The van der Waals surface area contributed by atoms with Crippen molar-refractivity contribution in [1.29, 1.82) is 0 Å². The number of anilines is 1. The number of ether oxygens (including phenoxy) is 1. The van der Waals surface area contributed by atoms with Gasteiger partial charge in [-0.25, -0.2) is 14.0 Å². The predicted octanol–water partition coefficient (Wildman–Crippen LogP) is 2.96. The summed E-state index contributed by atoms with van der Waals surface area (Å²) in [5.74, 6) is 0.155. The van der Waals surface area contributed by atoms with Crippen molar-refractivity contribution in [3.8, 4) is 17.0 Å². The SMILES string of the molecule is COc1ccc(NC(=O)CSc2n[nH]c(=O)c3cc(-c4ccc(F)cc4)nn23)cc1. The number of carbonyl (C=O) groups excluding carboxylic acids is 1. The molecule has 0 saturated carbocycles. The molecule has 0 bridgehead atoms. The zero-order chi connectivity index (χ0) is 21.1. The van der Waals surface area contributed by atoms with Gasteiger partial charge in [-0.15, -0.1) is 5.10 Å². The molecule has 10 heteroatoms. The van der Waals surface area contributed by atoms with E-state index in [9.17, 15) is 14.0 Å². The summed E-state index contributed by atoms with van der Waals surface area (Å²) in [6.45, 7) is 0. The van der Waals surface area contributed by atoms with E-state index in [2.05, 4.69) is 20.6 Å². The van der Waals surface area contributed by atoms with Crippen molar-refractivity contribution in [3.05, 3.63) is 70.8 Å². The number of aromatic amines is 1. The molecule has 0 radical (unpaired) electrons. The molecule has 0 atom stereocenters. The number of hydrogen-bond donors (Lipinski definition) is 2. The Bertz CT molecular complexity index is 1250. The fourth-order valence-electron chi connectivity index (χ4n) is 2.75. The summed E-state index contributed by atoms with van der Waals surface area (Å²) in [5.41, 5.74) is 1.66. The van der Waals surface area contributed by atoms with Crippen molar-refractivity contribution in [3.63, 3.8) is 0 Å². The van der Waals surface area contributed by atoms with Gasteiger partial charge in [-0.2, -0.15) is 5.10 Å². The number of thioether (sulfide) groups is 1. The summed E-state index contributed by atoms with van der Waals surface area (Å²) >= 11 is 1.13. The predicted molar refractivity (Wildman–Crippen MR) is 111 cm³/mol. The van der Waals surface area contributed by atoms with Gasteiger partial charge in [0.05, 0.1) is 18.6 Å². The average Bonchev–Trinajstić information content (AvgIpc) is 3.21. The lowest BCUT2D eigenvalue weighted by molar-refractivity contribution is -0.113. The van der Waals surface area contributed by atoms with E-state index in [0.717, 1.165) is 11.8 Å². The van der Waals surface area contributed by atoms with Crippen molar-refractivity contribution in [1.82, 2.24) is 19.8 Å². The summed E-state index contributed by atoms with van der Waals surface area (Å²) in [6, 6.07) is 14.4. The molecule has 0 aliphatic heterocycles. The molecule has 4 aromatic rings. The van der Waals surface area contributed by atoms with Crippen LogP contribution in [0.4, 0.5) is 10.1 Å². The highest BCUT2D eigenvalue weighted by Gasteiger charge is 2.14. The molecule has 30 heavy (non-hydrogen) atoms. The molecule has 0 aliphatic rings. The van der Waals surface area contributed by atoms with Gasteiger partial charge < -0.3 is 10.1 Å². The number of H-pyrrole nitrogens is 1. The van der Waals surface area contributed by atoms with Gasteiger partial charge in [-0.1, -0.05) is 11.8 Å². The van der Waals surface area contributed by atoms with E-state index >= 15 is 0 Å². The summed E-state index contributed by atoms with van der Waals surface area (Å²) < 4.78 is 19.6. The maximum absolute atomic E-state index is 13.2. The van der Waals surface area contributed by atoms with E-state index in [0.29, 0.717) is 27.9 Å². The summed E-state index contributed by atoms with van der Waals surface area (Å²) in [7, 11) is 1.57. The van der Waals surface area contributed by atoms with Crippen LogP contribution in [0.25, 0.3) is 16.8 Å². The van der Waals surface area contributed by atoms with Gasteiger partial charge in [-0.3, -0.25) is 9.59 Å². The minimum absolute atomic E-state index is 0.0614. The number of benzene rings is 2. The molecule has 2 heterocycles. The van der Waals surface area contributed by atoms with E-state index in [4.69, 9.17) is 4.74 Å². The number of halogens is 1. The highest BCUT2D eigenvalue weighted by Crippen LogP contribution is 2.22. The van der Waals surface area contributed by atoms with E-state index in [-0.39, 0.29) is 23.0 Å². The molecule has 0 unspecified atom stereocenters. The minimum Gasteiger partial charge on any atom is -0.497 e. The number of hydrogen-bond acceptors (Lipinski definition) is 6. The molecule has 2 N–H and O–H groups in total. The lowest BCUT2D eigenvalue weighted by Gasteiger charge is -2.06. The van der Waals surface area contributed by atoms with Crippen LogP contribution in [0.5, 0.6) is 5.75 Å². The van der Waals surface area contributed by atoms with Gasteiger partial charge in [0.1, 0.15) is 17.1 Å². The molecule has 0 aliphatic carbocycles. The Balaban J connectivity index is 1.52. The Morgan fingerprint density at radius 3 is 2.63 bits per heavy atom. The van der Waals surface area contributed by atoms with Crippen molar-refractivity contribution in [2.24, 2.45) is 0 Å². The van der Waals surface area contributed by atoms with Crippen LogP contribution >= 0.6 is 11.8 Å². The second-order valence-electron chi connectivity index (χ2n) is 6.23. The van der Waals surface area contributed by atoms with Crippen LogP contribution in [-0.2, 0) is 4.79 Å². The molecule has 1 amide bonds. The van der Waals surface area contributed by atoms with Crippen LogP contribution in [0.2, 0.25) is 0 Å². The van der Waals surface area contributed by atoms with Crippen molar-refractivity contribution < 1.29 is 13.9 Å². The maximum atomic E-state index is 13.2. The van der Waals surface area contributed by atoms with Crippen LogP contribution in [0, 0.1) is 5.82 Å². The molecule has 0 spiro atoms. The lowest BCUT2D eigenvalue weighted by Crippen LogP contribution is -2.17. The van der Waals surface area contributed by atoms with E-state index in [1.807, 2.05) is 0 Å². The summed E-state index contributed by atoms with van der Waals surface area (Å²) in [4.78, 5) is 24.4. The number of methoxy groups -OCH3 is 1. The van der Waals surface area contributed by atoms with Crippen LogP contribution in [0.3, 0.4) is 0 Å². The monoisotopic (exact) mass is 425 g/mol. The minimum atomic E-state index is -0.414. The van der Waals surface area contributed by atoms with Crippen molar-refractivity contribution in [2.75, 3.05) is 18.2 Å². The van der Waals surface area contributed by atoms with Gasteiger partial charge in [0, 0.05) is 11.3 Å². The van der Waals surface area contributed by atoms with Crippen molar-refractivity contribution in [2.45, 2.75) is 5.16 Å². The topological polar surface area (TPSA) is 101 Å². The van der Waals surface area contributed by atoms with Crippen molar-refractivity contribution >= 4 is 28.9 Å². The number of carbonyl (C=O) groups is 1. The fourth-order valence-corrected chi connectivity index (χ4v) is 3.45. The first kappa shape index (κ1) is 19.6. The number of amides is 1. The van der Waals surface area contributed by atoms with Gasteiger partial charge in [-0.05, 0) is 54.6 Å². The zero-order valence-corrected chi connectivity index (χ0v) is 16.6. The third-order valence-corrected chi connectivity index (χ3v) is 5.15. The standard InChI is InChI=1S/C20H16FN5O3S/c1-29-15-8-6-14(7-9-15)22-18(27)11-30-20-24-23-19(28)17-10-16(25-26(17)20)12-2-4-13(21)5-3-12/h2-10H,11H2,1H3,(H,22,27)(H,23,28). The van der Waals surface area contributed by atoms with E-state index in [1.165, 1.54) is 16.6 Å². The van der Waals surface area contributed by atoms with Crippen LogP contribution < -0.4 is 15.6 Å². The molecule has 152 valence electrons. The Morgan fingerprint density at radius 1 is 1.20 bits per heavy atom. The average molecular weight is 425 g/mol. The first-order chi connectivity index (χ1) is 14.5. The molecule has 8 nitrogen and oxygen atoms in total. The normalized spacial score (nSPS) is 10.9. The number of nitrogens with one attached hydrogen (secondary N) is 2. The molecule has 2 aromatic carbocycles. The molecule has 0 saturated heterocycles. The maximum Gasteiger partial charge on any atom is 0.290 e. The number of fused-ring (bicyclic) bond motifs is 1. The Kier molecular flexibility index (Phi) is 5.48. The Morgan fingerprint density at radius 2 is 1.93 bits per heavy atom. The van der Waals surface area contributed by atoms with E-state index in [1.54, 1.807) is 49.6 Å². The van der Waals surface area contributed by atoms with Crippen LogP contribution in [0.15, 0.2) is 64.5 Å².